The van der Waals surface area contributed by atoms with Crippen LogP contribution in [-0.2, 0) is 25.5 Å². The van der Waals surface area contributed by atoms with Gasteiger partial charge in [-0.15, -0.1) is 6.42 Å². The summed E-state index contributed by atoms with van der Waals surface area (Å²) in [6.45, 7) is -0.466. The number of hydrogen-bond donors (Lipinski definition) is 6. The number of terminal acetylenes is 1. The summed E-state index contributed by atoms with van der Waals surface area (Å²) in [6.07, 6.45) is 2.33. The molecule has 228 valence electrons. The number of fused-ring (bicyclic) bond motifs is 1. The van der Waals surface area contributed by atoms with Crippen LogP contribution in [0.1, 0.15) is 18.2 Å². The Hall–Kier alpha value is -4.46. The molecule has 1 saturated heterocycles. The fraction of sp³-hybridized carbons (Fsp3) is 0.370. The van der Waals surface area contributed by atoms with Gasteiger partial charge in [0.05, 0.1) is 25.2 Å². The molecule has 1 aromatic carbocycles. The molecule has 3 aromatic rings. The number of nitrogens with two attached hydrogens (primary N) is 1. The molecule has 1 fully saturated rings. The number of urea groups is 1. The van der Waals surface area contributed by atoms with E-state index in [1.54, 1.807) is 12.1 Å². The van der Waals surface area contributed by atoms with Gasteiger partial charge in [-0.25, -0.2) is 24.4 Å². The molecule has 2 amide bonds. The molecule has 4 rings (SSSR count). The van der Waals surface area contributed by atoms with Gasteiger partial charge in [0.2, 0.25) is 0 Å². The van der Waals surface area contributed by atoms with E-state index in [4.69, 9.17) is 33.2 Å². The number of ether oxygens (including phenoxy) is 2. The number of halogens is 1. The van der Waals surface area contributed by atoms with E-state index in [1.807, 2.05) is 0 Å². The molecule has 43 heavy (non-hydrogen) atoms. The number of hydrogen-bond acceptors (Lipinski definition) is 10. The monoisotopic (exact) mass is 616 g/mol. The number of aromatic nitrogens is 3. The number of aliphatic hydroxyl groups excluding tert-OH is 2. The Labute approximate surface area is 249 Å². The van der Waals surface area contributed by atoms with Crippen LogP contribution in [0.3, 0.4) is 0 Å². The van der Waals surface area contributed by atoms with Crippen LogP contribution in [0.15, 0.2) is 36.7 Å². The van der Waals surface area contributed by atoms with Crippen LogP contribution in [0.5, 0.6) is 0 Å². The van der Waals surface area contributed by atoms with Gasteiger partial charge in [-0.1, -0.05) is 29.7 Å². The van der Waals surface area contributed by atoms with E-state index >= 15 is 0 Å². The fourth-order valence-corrected chi connectivity index (χ4v) is 4.70. The van der Waals surface area contributed by atoms with Crippen molar-refractivity contribution in [2.45, 2.75) is 36.9 Å². The van der Waals surface area contributed by atoms with E-state index in [0.29, 0.717) is 24.3 Å². The number of aliphatic hydroxyl groups is 2. The summed E-state index contributed by atoms with van der Waals surface area (Å²) >= 11 is 6.02. The quantitative estimate of drug-likeness (QED) is 0.0883. The minimum atomic E-state index is -2.79. The van der Waals surface area contributed by atoms with Gasteiger partial charge in [0.1, 0.15) is 16.8 Å². The zero-order valence-corrected chi connectivity index (χ0v) is 23.3. The maximum atomic E-state index is 12.3. The number of carbonyl (C=O) groups excluding carboxylic acids is 1. The molecule has 1 aliphatic heterocycles. The summed E-state index contributed by atoms with van der Waals surface area (Å²) in [4.78, 5) is 46.5. The van der Waals surface area contributed by atoms with Crippen LogP contribution in [0, 0.1) is 12.3 Å². The number of nitrogens with one attached hydrogen (secondary N) is 1. The zero-order valence-electron chi connectivity index (χ0n) is 22.6. The first-order chi connectivity index (χ1) is 20.5. The van der Waals surface area contributed by atoms with E-state index < -0.39 is 55.6 Å². The summed E-state index contributed by atoms with van der Waals surface area (Å²) in [7, 11) is 0. The predicted molar refractivity (Wildman–Crippen MR) is 152 cm³/mol. The summed E-state index contributed by atoms with van der Waals surface area (Å²) in [5.41, 5.74) is 4.50. The second-order valence-electron chi connectivity index (χ2n) is 9.63. The first kappa shape index (κ1) is 31.5. The normalized spacial score (nSPS) is 15.9. The van der Waals surface area contributed by atoms with Crippen molar-refractivity contribution in [1.29, 1.82) is 0 Å². The van der Waals surface area contributed by atoms with Crippen LogP contribution < -0.4 is 16.0 Å². The van der Waals surface area contributed by atoms with Crippen molar-refractivity contribution >= 4 is 52.1 Å². The average Bonchev–Trinajstić information content (AvgIpc) is 3.40. The molecule has 3 heterocycles. The minimum Gasteiger partial charge on any atom is -0.479 e. The second-order valence-corrected chi connectivity index (χ2v) is 10.0. The lowest BCUT2D eigenvalue weighted by Crippen LogP contribution is -2.52. The van der Waals surface area contributed by atoms with Gasteiger partial charge in [-0.05, 0) is 24.1 Å². The number of amides is 2. The molecule has 2 aromatic heterocycles. The maximum Gasteiger partial charge on any atom is 0.348 e. The average molecular weight is 617 g/mol. The molecule has 15 nitrogen and oxygen atoms in total. The third-order valence-electron chi connectivity index (χ3n) is 6.77. The van der Waals surface area contributed by atoms with Crippen LogP contribution >= 0.6 is 11.6 Å². The SMILES string of the molecule is C#C[C@@H](O)[C@@H](O[C@@H](CO)COC(Cc1ccc(N2CCCNC2=O)cc1)(C(=O)O)C(=O)O)n1cnc2c(N)cc(Cl)nc21. The van der Waals surface area contributed by atoms with Crippen LogP contribution in [-0.4, -0.2) is 97.0 Å². The number of anilines is 2. The van der Waals surface area contributed by atoms with Gasteiger partial charge in [0.25, 0.3) is 5.60 Å². The number of aliphatic carboxylic acids is 2. The number of benzene rings is 1. The van der Waals surface area contributed by atoms with E-state index in [-0.39, 0.29) is 28.0 Å². The van der Waals surface area contributed by atoms with Gasteiger partial charge in [-0.3, -0.25) is 9.47 Å². The fourth-order valence-electron chi connectivity index (χ4n) is 4.50. The highest BCUT2D eigenvalue weighted by Gasteiger charge is 2.49. The molecule has 0 spiro atoms. The number of imidazole rings is 1. The van der Waals surface area contributed by atoms with Gasteiger partial charge < -0.3 is 41.0 Å². The lowest BCUT2D eigenvalue weighted by molar-refractivity contribution is -0.195. The Bertz CT molecular complexity index is 1530. The van der Waals surface area contributed by atoms with Crippen molar-refractivity contribution in [2.24, 2.45) is 0 Å². The summed E-state index contributed by atoms with van der Waals surface area (Å²) in [6, 6.07) is 7.23. The third kappa shape index (κ3) is 6.63. The highest BCUT2D eigenvalue weighted by Crippen LogP contribution is 2.28. The molecule has 1 aliphatic rings. The van der Waals surface area contributed by atoms with Crippen molar-refractivity contribution in [3.8, 4) is 12.3 Å². The molecular formula is C27H29ClN6O9. The molecule has 0 saturated carbocycles. The van der Waals surface area contributed by atoms with Crippen molar-refractivity contribution in [2.75, 3.05) is 36.9 Å². The van der Waals surface area contributed by atoms with Gasteiger partial charge >= 0.3 is 18.0 Å². The lowest BCUT2D eigenvalue weighted by atomic mass is 9.94. The van der Waals surface area contributed by atoms with Crippen LogP contribution in [0.25, 0.3) is 11.2 Å². The molecular weight excluding hydrogens is 588 g/mol. The Morgan fingerprint density at radius 3 is 2.56 bits per heavy atom. The van der Waals surface area contributed by atoms with Crippen molar-refractivity contribution < 1.29 is 44.3 Å². The first-order valence-corrected chi connectivity index (χ1v) is 13.3. The number of nitrogen functional groups attached to an aromatic ring is 1. The van der Waals surface area contributed by atoms with E-state index in [9.17, 15) is 34.8 Å². The summed E-state index contributed by atoms with van der Waals surface area (Å²) in [5.74, 6) is -1.50. The standard InChI is InChI=1S/C27H29ClN6O9/c1-2-19(36)23(34-14-31-21-18(29)10-20(28)32-22(21)34)43-17(12-35)13-42-27(24(37)38,25(39)40)11-15-4-6-16(7-5-15)33-9-3-8-30-26(33)41/h1,4-7,10,14,17,19,23,35-36H,3,8-9,11-13H2,(H2,29,32)(H,30,41)(H,37,38)(H,39,40)/t17-,19+,23+/m0/s1. The highest BCUT2D eigenvalue weighted by molar-refractivity contribution is 6.30. The summed E-state index contributed by atoms with van der Waals surface area (Å²) < 4.78 is 12.5. The zero-order chi connectivity index (χ0) is 31.3. The van der Waals surface area contributed by atoms with E-state index in [0.717, 1.165) is 6.42 Å². The molecule has 16 heteroatoms. The number of carboxylic acid groups (broad SMARTS) is 2. The van der Waals surface area contributed by atoms with Gasteiger partial charge in [-0.2, -0.15) is 0 Å². The topological polar surface area (TPSA) is 223 Å². The molecule has 7 N–H and O–H groups in total. The molecule has 0 aliphatic carbocycles. The highest BCUT2D eigenvalue weighted by atomic mass is 35.5. The van der Waals surface area contributed by atoms with E-state index in [1.165, 1.54) is 34.0 Å². The Balaban J connectivity index is 1.55. The van der Waals surface area contributed by atoms with Gasteiger partial charge in [0.15, 0.2) is 18.0 Å². The Morgan fingerprint density at radius 1 is 1.26 bits per heavy atom. The molecule has 0 unspecified atom stereocenters. The minimum absolute atomic E-state index is 0.0164. The smallest absolute Gasteiger partial charge is 0.348 e. The van der Waals surface area contributed by atoms with Crippen LogP contribution in [0.2, 0.25) is 5.15 Å². The van der Waals surface area contributed by atoms with Crippen molar-refractivity contribution in [1.82, 2.24) is 19.9 Å². The van der Waals surface area contributed by atoms with Gasteiger partial charge in [0, 0.05) is 31.3 Å². The van der Waals surface area contributed by atoms with E-state index in [2.05, 4.69) is 21.2 Å². The first-order valence-electron chi connectivity index (χ1n) is 12.9. The van der Waals surface area contributed by atoms with Crippen molar-refractivity contribution in [3.05, 3.63) is 47.4 Å². The number of pyridine rings is 1. The third-order valence-corrected chi connectivity index (χ3v) is 6.96. The molecule has 3 atom stereocenters. The lowest BCUT2D eigenvalue weighted by Gasteiger charge is -2.30. The number of carboxylic acids is 2. The Kier molecular flexibility index (Phi) is 9.69. The van der Waals surface area contributed by atoms with Crippen molar-refractivity contribution in [3.63, 3.8) is 0 Å². The van der Waals surface area contributed by atoms with Crippen LogP contribution in [0.4, 0.5) is 16.2 Å². The second kappa shape index (κ2) is 13.2. The largest absolute Gasteiger partial charge is 0.479 e. The number of rotatable bonds is 13. The summed E-state index contributed by atoms with van der Waals surface area (Å²) in [5, 5.41) is 43.2. The number of nitrogens with zero attached hydrogens (tertiary/aromatic N) is 4. The molecule has 0 radical (unpaired) electrons. The molecule has 0 bridgehead atoms. The number of carbonyl (C=O) groups is 3. The predicted octanol–water partition coefficient (Wildman–Crippen LogP) is 0.624. The Morgan fingerprint density at radius 2 is 1.95 bits per heavy atom. The maximum absolute atomic E-state index is 12.3.